The van der Waals surface area contributed by atoms with Crippen LogP contribution in [0.4, 0.5) is 4.79 Å². The highest BCUT2D eigenvalue weighted by molar-refractivity contribution is 6.08. The van der Waals surface area contributed by atoms with Crippen LogP contribution in [0.5, 0.6) is 0 Å². The predicted octanol–water partition coefficient (Wildman–Crippen LogP) is 0.364. The maximum absolute atomic E-state index is 13.0. The summed E-state index contributed by atoms with van der Waals surface area (Å²) in [5.74, 6) is -2.65. The van der Waals surface area contributed by atoms with Crippen LogP contribution in [0, 0.1) is 5.41 Å². The zero-order valence-electron chi connectivity index (χ0n) is 15.1. The lowest BCUT2D eigenvalue weighted by molar-refractivity contribution is -0.161. The molecule has 0 aromatic heterocycles. The molecule has 10 heteroatoms. The number of amidine groups is 1. The van der Waals surface area contributed by atoms with Crippen molar-refractivity contribution in [2.24, 2.45) is 5.73 Å². The number of carboxylic acids is 1. The number of nitrogens with one attached hydrogen (secondary N) is 2. The third-order valence-electron chi connectivity index (χ3n) is 4.37. The van der Waals surface area contributed by atoms with Gasteiger partial charge in [-0.15, -0.1) is 0 Å². The SMILES string of the molecule is CC(=O)N(C(C)CC(=O)O)N1C(=O)NC(C)(c2ccc(C(=N)N)cc2)C1=O. The number of hydrogen-bond donors (Lipinski definition) is 4. The van der Waals surface area contributed by atoms with Crippen LogP contribution in [0.2, 0.25) is 0 Å². The van der Waals surface area contributed by atoms with E-state index in [0.717, 1.165) is 11.9 Å². The maximum atomic E-state index is 13.0. The Labute approximate surface area is 155 Å². The Morgan fingerprint density at radius 1 is 1.33 bits per heavy atom. The Balaban J connectivity index is 2.40. The van der Waals surface area contributed by atoms with E-state index in [1.54, 1.807) is 24.3 Å². The van der Waals surface area contributed by atoms with Gasteiger partial charge in [-0.1, -0.05) is 24.3 Å². The van der Waals surface area contributed by atoms with Crippen LogP contribution in [0.15, 0.2) is 24.3 Å². The monoisotopic (exact) mass is 375 g/mol. The number of urea groups is 1. The average molecular weight is 375 g/mol. The van der Waals surface area contributed by atoms with Gasteiger partial charge in [0.1, 0.15) is 11.4 Å². The molecule has 0 spiro atoms. The molecule has 1 heterocycles. The summed E-state index contributed by atoms with van der Waals surface area (Å²) in [5, 5.41) is 20.4. The number of carboxylic acid groups (broad SMARTS) is 1. The van der Waals surface area contributed by atoms with E-state index in [4.69, 9.17) is 16.2 Å². The highest BCUT2D eigenvalue weighted by Gasteiger charge is 2.52. The van der Waals surface area contributed by atoms with E-state index in [1.807, 2.05) is 0 Å². The van der Waals surface area contributed by atoms with Crippen molar-refractivity contribution in [2.75, 3.05) is 0 Å². The van der Waals surface area contributed by atoms with Gasteiger partial charge in [-0.3, -0.25) is 19.8 Å². The fourth-order valence-electron chi connectivity index (χ4n) is 2.99. The van der Waals surface area contributed by atoms with E-state index in [-0.39, 0.29) is 5.84 Å². The second-order valence-corrected chi connectivity index (χ2v) is 6.47. The first-order valence-corrected chi connectivity index (χ1v) is 8.12. The Morgan fingerprint density at radius 3 is 2.33 bits per heavy atom. The molecule has 1 aromatic rings. The lowest BCUT2D eigenvalue weighted by Gasteiger charge is -2.33. The molecule has 1 fully saturated rings. The van der Waals surface area contributed by atoms with Crippen LogP contribution in [0.3, 0.4) is 0 Å². The topological polar surface area (TPSA) is 157 Å². The molecular formula is C17H21N5O5. The first kappa shape index (κ1) is 19.9. The summed E-state index contributed by atoms with van der Waals surface area (Å²) < 4.78 is 0. The van der Waals surface area contributed by atoms with Gasteiger partial charge in [-0.2, -0.15) is 5.01 Å². The van der Waals surface area contributed by atoms with Crippen molar-refractivity contribution >= 4 is 29.7 Å². The van der Waals surface area contributed by atoms with Gasteiger partial charge in [0, 0.05) is 12.5 Å². The van der Waals surface area contributed by atoms with Crippen molar-refractivity contribution in [2.45, 2.75) is 38.8 Å². The number of amides is 4. The van der Waals surface area contributed by atoms with Crippen molar-refractivity contribution in [3.8, 4) is 0 Å². The Bertz CT molecular complexity index is 822. The molecular weight excluding hydrogens is 354 g/mol. The normalized spacial score (nSPS) is 20.2. The van der Waals surface area contributed by atoms with Crippen molar-refractivity contribution in [1.29, 1.82) is 5.41 Å². The molecule has 1 aliphatic rings. The quantitative estimate of drug-likeness (QED) is 0.319. The number of hydrogen-bond acceptors (Lipinski definition) is 5. The molecule has 1 saturated heterocycles. The first-order valence-electron chi connectivity index (χ1n) is 8.12. The molecule has 0 bridgehead atoms. The van der Waals surface area contributed by atoms with Crippen molar-refractivity contribution in [1.82, 2.24) is 15.3 Å². The number of nitrogens with zero attached hydrogens (tertiary/aromatic N) is 2. The van der Waals surface area contributed by atoms with Crippen LogP contribution in [0.25, 0.3) is 0 Å². The van der Waals surface area contributed by atoms with Crippen molar-refractivity contribution in [3.63, 3.8) is 0 Å². The number of carbonyl (C=O) groups is 4. The molecule has 0 radical (unpaired) electrons. The second-order valence-electron chi connectivity index (χ2n) is 6.47. The largest absolute Gasteiger partial charge is 0.481 e. The number of nitrogens with two attached hydrogens (primary N) is 1. The molecule has 2 rings (SSSR count). The fourth-order valence-corrected chi connectivity index (χ4v) is 2.99. The number of benzene rings is 1. The van der Waals surface area contributed by atoms with Gasteiger partial charge in [0.05, 0.1) is 12.5 Å². The highest BCUT2D eigenvalue weighted by atomic mass is 16.4. The van der Waals surface area contributed by atoms with Crippen molar-refractivity contribution in [3.05, 3.63) is 35.4 Å². The third-order valence-corrected chi connectivity index (χ3v) is 4.37. The zero-order valence-corrected chi connectivity index (χ0v) is 15.1. The molecule has 0 aliphatic carbocycles. The fraction of sp³-hybridized carbons (Fsp3) is 0.353. The minimum absolute atomic E-state index is 0.139. The van der Waals surface area contributed by atoms with E-state index in [1.165, 1.54) is 13.8 Å². The number of aliphatic carboxylic acids is 1. The number of carbonyl (C=O) groups excluding carboxylic acids is 3. The van der Waals surface area contributed by atoms with Gasteiger partial charge in [-0.25, -0.2) is 9.80 Å². The van der Waals surface area contributed by atoms with E-state index in [2.05, 4.69) is 5.32 Å². The molecule has 1 aromatic carbocycles. The van der Waals surface area contributed by atoms with Crippen LogP contribution in [0.1, 0.15) is 38.3 Å². The van der Waals surface area contributed by atoms with Gasteiger partial charge in [0.15, 0.2) is 0 Å². The second kappa shape index (κ2) is 7.06. The van der Waals surface area contributed by atoms with Gasteiger partial charge in [0.2, 0.25) is 5.91 Å². The van der Waals surface area contributed by atoms with E-state index >= 15 is 0 Å². The smallest absolute Gasteiger partial charge is 0.344 e. The van der Waals surface area contributed by atoms with E-state index in [9.17, 15) is 19.2 Å². The van der Waals surface area contributed by atoms with Gasteiger partial charge >= 0.3 is 12.0 Å². The lowest BCUT2D eigenvalue weighted by atomic mass is 9.91. The summed E-state index contributed by atoms with van der Waals surface area (Å²) in [4.78, 5) is 48.5. The average Bonchev–Trinajstić information content (AvgIpc) is 2.78. The molecule has 27 heavy (non-hydrogen) atoms. The van der Waals surface area contributed by atoms with Crippen LogP contribution in [-0.2, 0) is 19.9 Å². The summed E-state index contributed by atoms with van der Waals surface area (Å²) in [6.07, 6.45) is -0.430. The zero-order chi connectivity index (χ0) is 20.5. The molecule has 2 unspecified atom stereocenters. The summed E-state index contributed by atoms with van der Waals surface area (Å²) in [5.41, 5.74) is 4.85. The standard InChI is InChI=1S/C17H21N5O5/c1-9(8-13(24)25)21(10(2)23)22-15(26)17(3,20-16(22)27)12-6-4-11(5-7-12)14(18)19/h4-7,9H,8H2,1-3H3,(H3,18,19)(H,20,27)(H,24,25). The molecule has 144 valence electrons. The minimum atomic E-state index is -1.46. The third kappa shape index (κ3) is 3.59. The summed E-state index contributed by atoms with van der Waals surface area (Å²) in [7, 11) is 0. The summed E-state index contributed by atoms with van der Waals surface area (Å²) >= 11 is 0. The number of imide groups is 1. The molecule has 1 aliphatic heterocycles. The Hall–Kier alpha value is -3.43. The molecule has 5 N–H and O–H groups in total. The Morgan fingerprint density at radius 2 is 1.89 bits per heavy atom. The summed E-state index contributed by atoms with van der Waals surface area (Å²) in [6, 6.07) is 4.46. The van der Waals surface area contributed by atoms with Gasteiger partial charge < -0.3 is 16.2 Å². The minimum Gasteiger partial charge on any atom is -0.481 e. The van der Waals surface area contributed by atoms with Crippen molar-refractivity contribution < 1.29 is 24.3 Å². The number of nitrogen functional groups attached to an aromatic ring is 1. The van der Waals surface area contributed by atoms with Crippen LogP contribution >= 0.6 is 0 Å². The van der Waals surface area contributed by atoms with Crippen LogP contribution < -0.4 is 11.1 Å². The maximum Gasteiger partial charge on any atom is 0.344 e. The summed E-state index contributed by atoms with van der Waals surface area (Å²) in [6.45, 7) is 4.07. The predicted molar refractivity (Wildman–Crippen MR) is 94.4 cm³/mol. The van der Waals surface area contributed by atoms with Gasteiger partial charge in [0.25, 0.3) is 5.91 Å². The van der Waals surface area contributed by atoms with E-state index < -0.39 is 41.8 Å². The molecule has 0 saturated carbocycles. The molecule has 4 amide bonds. The van der Waals surface area contributed by atoms with Crippen LogP contribution in [-0.4, -0.2) is 50.8 Å². The van der Waals surface area contributed by atoms with E-state index in [0.29, 0.717) is 16.1 Å². The number of hydrazine groups is 1. The molecule has 2 atom stereocenters. The first-order chi connectivity index (χ1) is 12.5. The molecule has 10 nitrogen and oxygen atoms in total. The van der Waals surface area contributed by atoms with Gasteiger partial charge in [-0.05, 0) is 19.4 Å². The highest BCUT2D eigenvalue weighted by Crippen LogP contribution is 2.31. The number of rotatable bonds is 6. The Kier molecular flexibility index (Phi) is 5.20. The lowest BCUT2D eigenvalue weighted by Crippen LogP contribution is -2.54.